The van der Waals surface area contributed by atoms with Gasteiger partial charge in [-0.1, -0.05) is 30.7 Å². The quantitative estimate of drug-likeness (QED) is 0.697. The van der Waals surface area contributed by atoms with Crippen molar-refractivity contribution in [3.8, 4) is 0 Å². The topological polar surface area (TPSA) is 17.8 Å². The molecule has 2 nitrogen and oxygen atoms in total. The number of imidazole rings is 1. The molecule has 2 aromatic carbocycles. The van der Waals surface area contributed by atoms with Gasteiger partial charge in [0.05, 0.1) is 17.6 Å². The lowest BCUT2D eigenvalue weighted by atomic mass is 10.2. The third-order valence-electron chi connectivity index (χ3n) is 3.39. The molecule has 0 aliphatic carbocycles. The second kappa shape index (κ2) is 5.25. The Balaban J connectivity index is 2.12. The lowest BCUT2D eigenvalue weighted by Crippen LogP contribution is -2.06. The molecule has 3 aromatic rings. The minimum absolute atomic E-state index is 0.241. The normalized spacial score (nSPS) is 11.2. The van der Waals surface area contributed by atoms with Crippen LogP contribution in [0.1, 0.15) is 18.3 Å². The molecule has 0 unspecified atom stereocenters. The Kier molecular flexibility index (Phi) is 3.45. The minimum atomic E-state index is -0.241. The summed E-state index contributed by atoms with van der Waals surface area (Å²) in [4.78, 5) is 4.59. The van der Waals surface area contributed by atoms with Crippen LogP contribution in [-0.2, 0) is 13.0 Å². The SMILES string of the molecule is CCc1nc2ccccc2n1Cc1cc(Cl)ccc1F. The number of rotatable bonds is 3. The van der Waals surface area contributed by atoms with Gasteiger partial charge in [-0.2, -0.15) is 0 Å². The van der Waals surface area contributed by atoms with E-state index >= 15 is 0 Å². The minimum Gasteiger partial charge on any atom is -0.323 e. The second-order valence-electron chi connectivity index (χ2n) is 4.69. The number of aryl methyl sites for hydroxylation is 1. The van der Waals surface area contributed by atoms with Gasteiger partial charge in [0.2, 0.25) is 0 Å². The largest absolute Gasteiger partial charge is 0.323 e. The molecule has 20 heavy (non-hydrogen) atoms. The van der Waals surface area contributed by atoms with Crippen LogP contribution in [0.3, 0.4) is 0 Å². The van der Waals surface area contributed by atoms with E-state index in [1.165, 1.54) is 6.07 Å². The first-order valence-corrected chi connectivity index (χ1v) is 6.95. The molecule has 0 N–H and O–H groups in total. The van der Waals surface area contributed by atoms with Crippen LogP contribution in [0.2, 0.25) is 5.02 Å². The number of halogens is 2. The molecule has 4 heteroatoms. The molecule has 0 spiro atoms. The van der Waals surface area contributed by atoms with E-state index in [0.29, 0.717) is 17.1 Å². The standard InChI is InChI=1S/C16H14ClFN2/c1-2-16-19-14-5-3-4-6-15(14)20(16)10-11-9-12(17)7-8-13(11)18/h3-9H,2,10H2,1H3. The zero-order valence-electron chi connectivity index (χ0n) is 11.1. The molecule has 0 amide bonds. The number of nitrogens with zero attached hydrogens (tertiary/aromatic N) is 2. The van der Waals surface area contributed by atoms with Crippen molar-refractivity contribution in [2.75, 3.05) is 0 Å². The fourth-order valence-corrected chi connectivity index (χ4v) is 2.60. The van der Waals surface area contributed by atoms with Crippen LogP contribution in [0, 0.1) is 5.82 Å². The summed E-state index contributed by atoms with van der Waals surface area (Å²) in [6.07, 6.45) is 0.802. The van der Waals surface area contributed by atoms with Crippen LogP contribution in [0.5, 0.6) is 0 Å². The predicted octanol–water partition coefficient (Wildman–Crippen LogP) is 4.44. The maximum Gasteiger partial charge on any atom is 0.128 e. The van der Waals surface area contributed by atoms with Crippen molar-refractivity contribution in [3.05, 3.63) is 64.7 Å². The maximum absolute atomic E-state index is 13.9. The summed E-state index contributed by atoms with van der Waals surface area (Å²) in [5, 5.41) is 0.545. The molecular formula is C16H14ClFN2. The predicted molar refractivity (Wildman–Crippen MR) is 79.6 cm³/mol. The summed E-state index contributed by atoms with van der Waals surface area (Å²) in [5.74, 6) is 0.708. The van der Waals surface area contributed by atoms with Crippen molar-refractivity contribution >= 4 is 22.6 Å². The van der Waals surface area contributed by atoms with Gasteiger partial charge in [0.25, 0.3) is 0 Å². The molecule has 0 aliphatic heterocycles. The molecular weight excluding hydrogens is 275 g/mol. The Morgan fingerprint density at radius 1 is 1.20 bits per heavy atom. The number of hydrogen-bond acceptors (Lipinski definition) is 1. The van der Waals surface area contributed by atoms with Gasteiger partial charge in [-0.15, -0.1) is 0 Å². The number of benzene rings is 2. The summed E-state index contributed by atoms with van der Waals surface area (Å²) < 4.78 is 16.0. The van der Waals surface area contributed by atoms with E-state index < -0.39 is 0 Å². The first-order chi connectivity index (χ1) is 9.69. The third kappa shape index (κ3) is 2.29. The van der Waals surface area contributed by atoms with E-state index in [0.717, 1.165) is 23.3 Å². The van der Waals surface area contributed by atoms with Crippen LogP contribution < -0.4 is 0 Å². The molecule has 3 rings (SSSR count). The van der Waals surface area contributed by atoms with Gasteiger partial charge in [0, 0.05) is 17.0 Å². The van der Waals surface area contributed by atoms with Crippen molar-refractivity contribution in [1.82, 2.24) is 9.55 Å². The highest BCUT2D eigenvalue weighted by Gasteiger charge is 2.11. The van der Waals surface area contributed by atoms with Crippen LogP contribution >= 0.6 is 11.6 Å². The average Bonchev–Trinajstić information content (AvgIpc) is 2.81. The molecule has 0 saturated carbocycles. The molecule has 1 heterocycles. The highest BCUT2D eigenvalue weighted by molar-refractivity contribution is 6.30. The van der Waals surface area contributed by atoms with E-state index in [2.05, 4.69) is 4.98 Å². The van der Waals surface area contributed by atoms with Gasteiger partial charge in [-0.25, -0.2) is 9.37 Å². The number of hydrogen-bond donors (Lipinski definition) is 0. The highest BCUT2D eigenvalue weighted by Crippen LogP contribution is 2.21. The first-order valence-electron chi connectivity index (χ1n) is 6.57. The summed E-state index contributed by atoms with van der Waals surface area (Å²) in [6.45, 7) is 2.49. The molecule has 0 saturated heterocycles. The molecule has 1 aromatic heterocycles. The van der Waals surface area contributed by atoms with Gasteiger partial charge >= 0.3 is 0 Å². The van der Waals surface area contributed by atoms with Crippen LogP contribution in [0.4, 0.5) is 4.39 Å². The monoisotopic (exact) mass is 288 g/mol. The van der Waals surface area contributed by atoms with Gasteiger partial charge < -0.3 is 4.57 Å². The van der Waals surface area contributed by atoms with E-state index in [1.54, 1.807) is 12.1 Å². The van der Waals surface area contributed by atoms with Crippen molar-refractivity contribution in [2.24, 2.45) is 0 Å². The molecule has 0 aliphatic rings. The summed E-state index contributed by atoms with van der Waals surface area (Å²) in [6, 6.07) is 12.5. The van der Waals surface area contributed by atoms with E-state index in [-0.39, 0.29) is 5.82 Å². The summed E-state index contributed by atoms with van der Waals surface area (Å²) in [7, 11) is 0. The number of para-hydroxylation sites is 2. The Bertz CT molecular complexity index is 764. The Morgan fingerprint density at radius 3 is 2.80 bits per heavy atom. The zero-order chi connectivity index (χ0) is 14.1. The smallest absolute Gasteiger partial charge is 0.128 e. The Hall–Kier alpha value is -1.87. The van der Waals surface area contributed by atoms with Crippen molar-refractivity contribution in [2.45, 2.75) is 19.9 Å². The van der Waals surface area contributed by atoms with Gasteiger partial charge in [0.1, 0.15) is 11.6 Å². The lowest BCUT2D eigenvalue weighted by molar-refractivity contribution is 0.598. The summed E-state index contributed by atoms with van der Waals surface area (Å²) >= 11 is 5.96. The highest BCUT2D eigenvalue weighted by atomic mass is 35.5. The fraction of sp³-hybridized carbons (Fsp3) is 0.188. The van der Waals surface area contributed by atoms with Gasteiger partial charge in [-0.05, 0) is 30.3 Å². The molecule has 0 fully saturated rings. The second-order valence-corrected chi connectivity index (χ2v) is 5.13. The molecule has 102 valence electrons. The van der Waals surface area contributed by atoms with E-state index in [9.17, 15) is 4.39 Å². The Labute approximate surface area is 121 Å². The third-order valence-corrected chi connectivity index (χ3v) is 3.62. The number of fused-ring (bicyclic) bond motifs is 1. The molecule has 0 bridgehead atoms. The van der Waals surface area contributed by atoms with Crippen LogP contribution in [0.25, 0.3) is 11.0 Å². The maximum atomic E-state index is 13.9. The molecule has 0 atom stereocenters. The van der Waals surface area contributed by atoms with Crippen molar-refractivity contribution < 1.29 is 4.39 Å². The average molecular weight is 289 g/mol. The van der Waals surface area contributed by atoms with Crippen LogP contribution in [-0.4, -0.2) is 9.55 Å². The van der Waals surface area contributed by atoms with Crippen molar-refractivity contribution in [3.63, 3.8) is 0 Å². The fourth-order valence-electron chi connectivity index (χ4n) is 2.41. The van der Waals surface area contributed by atoms with Crippen molar-refractivity contribution in [1.29, 1.82) is 0 Å². The Morgan fingerprint density at radius 2 is 2.00 bits per heavy atom. The molecule has 0 radical (unpaired) electrons. The lowest BCUT2D eigenvalue weighted by Gasteiger charge is -2.09. The van der Waals surface area contributed by atoms with Gasteiger partial charge in [0.15, 0.2) is 0 Å². The van der Waals surface area contributed by atoms with E-state index in [4.69, 9.17) is 11.6 Å². The van der Waals surface area contributed by atoms with Gasteiger partial charge in [-0.3, -0.25) is 0 Å². The first kappa shape index (κ1) is 13.1. The van der Waals surface area contributed by atoms with Crippen LogP contribution in [0.15, 0.2) is 42.5 Å². The van der Waals surface area contributed by atoms with E-state index in [1.807, 2.05) is 35.8 Å². The zero-order valence-corrected chi connectivity index (χ0v) is 11.9. The summed E-state index contributed by atoms with van der Waals surface area (Å²) in [5.41, 5.74) is 2.53. The number of aromatic nitrogens is 2.